The van der Waals surface area contributed by atoms with Gasteiger partial charge in [0.15, 0.2) is 0 Å². The van der Waals surface area contributed by atoms with Crippen LogP contribution in [-0.4, -0.2) is 46.4 Å². The number of carbonyl (C=O) groups excluding carboxylic acids is 1. The second-order valence-electron chi connectivity index (χ2n) is 2.24. The van der Waals surface area contributed by atoms with Crippen LogP contribution in [0.15, 0.2) is 12.1 Å². The molecule has 68 valence electrons. The zero-order valence-electron chi connectivity index (χ0n) is 6.26. The van der Waals surface area contributed by atoms with Crippen molar-refractivity contribution in [3.8, 4) is 17.2 Å². The van der Waals surface area contributed by atoms with Gasteiger partial charge in [-0.3, -0.25) is 0 Å². The molecule has 1 rings (SSSR count). The van der Waals surface area contributed by atoms with Crippen LogP contribution in [0.5, 0.6) is 17.2 Å². The van der Waals surface area contributed by atoms with Crippen LogP contribution < -0.4 is 0 Å². The van der Waals surface area contributed by atoms with Gasteiger partial charge in [-0.2, -0.15) is 0 Å². The van der Waals surface area contributed by atoms with E-state index in [1.54, 1.807) is 0 Å². The summed E-state index contributed by atoms with van der Waals surface area (Å²) in [5.74, 6) is -2.42. The van der Waals surface area contributed by atoms with Crippen LogP contribution >= 0.6 is 0 Å². The SMILES string of the molecule is O=C([O][Bi])c1cc(O)c(O)c(O)c1. The molecule has 5 nitrogen and oxygen atoms in total. The van der Waals surface area contributed by atoms with Gasteiger partial charge in [0, 0.05) is 0 Å². The third-order valence-corrected chi connectivity index (χ3v) is 2.03. The average molecular weight is 378 g/mol. The first kappa shape index (κ1) is 10.1. The van der Waals surface area contributed by atoms with Crippen molar-refractivity contribution < 1.29 is 22.9 Å². The second-order valence-corrected chi connectivity index (χ2v) is 2.95. The summed E-state index contributed by atoms with van der Waals surface area (Å²) in [6.07, 6.45) is 0. The fourth-order valence-corrected chi connectivity index (χ4v) is 1.18. The fourth-order valence-electron chi connectivity index (χ4n) is 0.775. The molecule has 0 spiro atoms. The summed E-state index contributed by atoms with van der Waals surface area (Å²) >= 11 is 0.415. The van der Waals surface area contributed by atoms with Gasteiger partial charge in [0.2, 0.25) is 0 Å². The predicted molar refractivity (Wildman–Crippen MR) is 42.6 cm³/mol. The topological polar surface area (TPSA) is 87.0 Å². The van der Waals surface area contributed by atoms with E-state index in [1.165, 1.54) is 0 Å². The first-order valence-corrected chi connectivity index (χ1v) is 4.59. The van der Waals surface area contributed by atoms with Gasteiger partial charge in [-0.25, -0.2) is 0 Å². The number of phenols is 3. The molecule has 0 unspecified atom stereocenters. The van der Waals surface area contributed by atoms with Crippen LogP contribution in [0.4, 0.5) is 0 Å². The molecule has 6 heteroatoms. The van der Waals surface area contributed by atoms with Crippen molar-refractivity contribution in [2.24, 2.45) is 0 Å². The molecule has 0 fully saturated rings. The molecule has 0 atom stereocenters. The van der Waals surface area contributed by atoms with Crippen LogP contribution in [0, 0.1) is 0 Å². The summed E-state index contributed by atoms with van der Waals surface area (Å²) in [5, 5.41) is 27.0. The quantitative estimate of drug-likeness (QED) is 0.475. The molecule has 0 aromatic heterocycles. The Balaban J connectivity index is 3.20. The van der Waals surface area contributed by atoms with Gasteiger partial charge in [0.25, 0.3) is 0 Å². The van der Waals surface area contributed by atoms with Crippen molar-refractivity contribution >= 4 is 31.1 Å². The number of phenolic OH excluding ortho intramolecular Hbond substituents is 3. The van der Waals surface area contributed by atoms with Crippen LogP contribution in [0.1, 0.15) is 10.4 Å². The van der Waals surface area contributed by atoms with Crippen LogP contribution in [0.2, 0.25) is 0 Å². The Labute approximate surface area is 89.0 Å². The molecule has 2 radical (unpaired) electrons. The molecule has 0 saturated carbocycles. The van der Waals surface area contributed by atoms with Crippen molar-refractivity contribution in [2.45, 2.75) is 0 Å². The molecule has 13 heavy (non-hydrogen) atoms. The number of carbonyl (C=O) groups is 1. The van der Waals surface area contributed by atoms with E-state index >= 15 is 0 Å². The van der Waals surface area contributed by atoms with Crippen LogP contribution in [0.3, 0.4) is 0 Å². The zero-order chi connectivity index (χ0) is 10.0. The first-order valence-electron chi connectivity index (χ1n) is 3.17. The maximum atomic E-state index is 10.9. The van der Waals surface area contributed by atoms with E-state index in [-0.39, 0.29) is 5.56 Å². The van der Waals surface area contributed by atoms with E-state index in [4.69, 9.17) is 15.3 Å². The minimum atomic E-state index is -0.654. The summed E-state index contributed by atoms with van der Waals surface area (Å²) in [6.45, 7) is 0. The van der Waals surface area contributed by atoms with Gasteiger partial charge < -0.3 is 0 Å². The van der Waals surface area contributed by atoms with Crippen molar-refractivity contribution in [1.29, 1.82) is 0 Å². The van der Waals surface area contributed by atoms with E-state index in [0.29, 0.717) is 25.2 Å². The Hall–Kier alpha value is -1.03. The molecular formula is C7H5BiO5. The van der Waals surface area contributed by atoms with Gasteiger partial charge in [-0.15, -0.1) is 0 Å². The number of hydrogen-bond donors (Lipinski definition) is 3. The third-order valence-electron chi connectivity index (χ3n) is 1.39. The molecule has 0 bridgehead atoms. The molecule has 0 saturated heterocycles. The summed E-state index contributed by atoms with van der Waals surface area (Å²) in [6, 6.07) is 2.04. The molecule has 0 heterocycles. The molecule has 1 aromatic carbocycles. The van der Waals surface area contributed by atoms with E-state index in [9.17, 15) is 4.79 Å². The number of aromatic hydroxyl groups is 3. The minimum absolute atomic E-state index is 0.00435. The van der Waals surface area contributed by atoms with Gasteiger partial charge in [0.1, 0.15) is 0 Å². The van der Waals surface area contributed by atoms with Crippen molar-refractivity contribution in [2.75, 3.05) is 0 Å². The first-order chi connectivity index (χ1) is 6.06. The fraction of sp³-hybridized carbons (Fsp3) is 0. The van der Waals surface area contributed by atoms with E-state index in [0.717, 1.165) is 12.1 Å². The normalized spacial score (nSPS) is 9.62. The zero-order valence-corrected chi connectivity index (χ0v) is 9.74. The van der Waals surface area contributed by atoms with Gasteiger partial charge in [-0.05, 0) is 0 Å². The molecule has 0 aliphatic rings. The summed E-state index contributed by atoms with van der Waals surface area (Å²) in [4.78, 5) is 10.9. The van der Waals surface area contributed by atoms with Crippen molar-refractivity contribution in [3.05, 3.63) is 17.7 Å². The monoisotopic (exact) mass is 378 g/mol. The predicted octanol–water partition coefficient (Wildman–Crippen LogP) is 0.0437. The number of benzene rings is 1. The van der Waals surface area contributed by atoms with E-state index in [1.807, 2.05) is 0 Å². The number of rotatable bonds is 1. The molecular weight excluding hydrogens is 373 g/mol. The Morgan fingerprint density at radius 2 is 1.69 bits per heavy atom. The third kappa shape index (κ3) is 2.01. The van der Waals surface area contributed by atoms with Crippen molar-refractivity contribution in [3.63, 3.8) is 0 Å². The van der Waals surface area contributed by atoms with Gasteiger partial charge >= 0.3 is 89.0 Å². The van der Waals surface area contributed by atoms with E-state index in [2.05, 4.69) is 2.81 Å². The van der Waals surface area contributed by atoms with Gasteiger partial charge in [-0.1, -0.05) is 0 Å². The van der Waals surface area contributed by atoms with Crippen LogP contribution in [0.25, 0.3) is 0 Å². The molecule has 0 amide bonds. The Bertz CT molecular complexity index is 326. The summed E-state index contributed by atoms with van der Waals surface area (Å²) in [7, 11) is 0. The Kier molecular flexibility index (Phi) is 2.93. The Morgan fingerprint density at radius 3 is 2.08 bits per heavy atom. The Morgan fingerprint density at radius 1 is 1.23 bits per heavy atom. The van der Waals surface area contributed by atoms with E-state index < -0.39 is 23.2 Å². The molecule has 3 N–H and O–H groups in total. The van der Waals surface area contributed by atoms with Crippen molar-refractivity contribution in [1.82, 2.24) is 0 Å². The van der Waals surface area contributed by atoms with Gasteiger partial charge in [0.05, 0.1) is 0 Å². The summed E-state index contributed by atoms with van der Waals surface area (Å²) in [5.41, 5.74) is -0.00435. The molecule has 0 aliphatic carbocycles. The molecule has 1 aromatic rings. The average Bonchev–Trinajstić information content (AvgIpc) is 2.12. The second kappa shape index (κ2) is 3.79. The number of hydrogen-bond acceptors (Lipinski definition) is 5. The standard InChI is InChI=1S/C7H6O5.Bi/c8-4-1-3(7(11)12)2-5(9)6(4)10;/h1-2,8-10H,(H,11,12);/q;+1/p-1. The maximum absolute atomic E-state index is 10.9. The molecule has 0 aliphatic heterocycles. The van der Waals surface area contributed by atoms with Crippen LogP contribution in [-0.2, 0) is 2.81 Å². The summed E-state index contributed by atoms with van der Waals surface area (Å²) < 4.78 is 4.45.